The zero-order valence-corrected chi connectivity index (χ0v) is 12.6. The van der Waals surface area contributed by atoms with Gasteiger partial charge in [0.15, 0.2) is 6.61 Å². The van der Waals surface area contributed by atoms with Gasteiger partial charge in [-0.05, 0) is 30.5 Å². The Balaban J connectivity index is 1.90. The van der Waals surface area contributed by atoms with E-state index in [1.54, 1.807) is 29.6 Å². The van der Waals surface area contributed by atoms with Crippen LogP contribution in [0.2, 0.25) is 0 Å². The molecule has 0 spiro atoms. The third-order valence-corrected chi connectivity index (χ3v) is 3.64. The third kappa shape index (κ3) is 3.92. The first kappa shape index (κ1) is 15.7. The molecule has 6 nitrogen and oxygen atoms in total. The van der Waals surface area contributed by atoms with Crippen molar-refractivity contribution in [3.63, 3.8) is 0 Å². The summed E-state index contributed by atoms with van der Waals surface area (Å²) in [5.74, 6) is -1.75. The zero-order valence-electron chi connectivity index (χ0n) is 11.8. The molecule has 114 valence electrons. The molecule has 0 fully saturated rings. The fraction of sp³-hybridized carbons (Fsp3) is 0.133. The number of aryl methyl sites for hydroxylation is 1. The lowest BCUT2D eigenvalue weighted by molar-refractivity contribution is -0.119. The van der Waals surface area contributed by atoms with Gasteiger partial charge in [0, 0.05) is 0 Å². The molecule has 22 heavy (non-hydrogen) atoms. The van der Waals surface area contributed by atoms with Crippen LogP contribution in [0, 0.1) is 6.92 Å². The highest BCUT2D eigenvalue weighted by Crippen LogP contribution is 2.22. The number of carbonyl (C=O) groups is 3. The maximum Gasteiger partial charge on any atom is 0.338 e. The average molecular weight is 318 g/mol. The van der Waals surface area contributed by atoms with Gasteiger partial charge in [0.2, 0.25) is 0 Å². The Morgan fingerprint density at radius 3 is 2.50 bits per heavy atom. The van der Waals surface area contributed by atoms with Gasteiger partial charge >= 0.3 is 5.97 Å². The largest absolute Gasteiger partial charge is 0.452 e. The molecule has 0 atom stereocenters. The molecule has 2 rings (SSSR count). The molecule has 1 aromatic carbocycles. The van der Waals surface area contributed by atoms with Crippen LogP contribution in [0.15, 0.2) is 35.7 Å². The normalized spacial score (nSPS) is 10.0. The maximum absolute atomic E-state index is 11.8. The average Bonchev–Trinajstić information content (AvgIpc) is 2.94. The molecule has 0 aliphatic heterocycles. The van der Waals surface area contributed by atoms with Crippen LogP contribution in [0.5, 0.6) is 0 Å². The Morgan fingerprint density at radius 1 is 1.18 bits per heavy atom. The van der Waals surface area contributed by atoms with Gasteiger partial charge in [-0.25, -0.2) is 4.79 Å². The fourth-order valence-electron chi connectivity index (χ4n) is 1.67. The van der Waals surface area contributed by atoms with Crippen LogP contribution >= 0.6 is 11.3 Å². The lowest BCUT2D eigenvalue weighted by atomic mass is 10.1. The highest BCUT2D eigenvalue weighted by molar-refractivity contribution is 7.14. The molecule has 0 saturated carbocycles. The predicted molar refractivity (Wildman–Crippen MR) is 82.9 cm³/mol. The van der Waals surface area contributed by atoms with E-state index in [1.807, 2.05) is 6.92 Å². The van der Waals surface area contributed by atoms with E-state index in [-0.39, 0.29) is 5.56 Å². The van der Waals surface area contributed by atoms with Gasteiger partial charge in [-0.3, -0.25) is 9.59 Å². The summed E-state index contributed by atoms with van der Waals surface area (Å²) in [4.78, 5) is 34.6. The van der Waals surface area contributed by atoms with Gasteiger partial charge in [-0.2, -0.15) is 0 Å². The van der Waals surface area contributed by atoms with Crippen molar-refractivity contribution >= 4 is 34.1 Å². The van der Waals surface area contributed by atoms with Crippen LogP contribution in [-0.2, 0) is 9.53 Å². The summed E-state index contributed by atoms with van der Waals surface area (Å²) in [5, 5.41) is 4.46. The van der Waals surface area contributed by atoms with E-state index in [0.29, 0.717) is 10.6 Å². The monoisotopic (exact) mass is 318 g/mol. The van der Waals surface area contributed by atoms with Crippen molar-refractivity contribution < 1.29 is 19.1 Å². The molecule has 2 amide bonds. The van der Waals surface area contributed by atoms with Crippen molar-refractivity contribution in [3.8, 4) is 0 Å². The SMILES string of the molecule is Cc1ccc(C(=O)OCC(=O)Nc2sccc2C(N)=O)cc1. The Hall–Kier alpha value is -2.67. The number of thiophene rings is 1. The number of anilines is 1. The Labute approximate surface area is 130 Å². The van der Waals surface area contributed by atoms with E-state index in [4.69, 9.17) is 10.5 Å². The fourth-order valence-corrected chi connectivity index (χ4v) is 2.48. The molecule has 0 bridgehead atoms. The smallest absolute Gasteiger partial charge is 0.338 e. The number of nitrogens with two attached hydrogens (primary N) is 1. The molecule has 0 aliphatic rings. The highest BCUT2D eigenvalue weighted by Gasteiger charge is 2.14. The van der Waals surface area contributed by atoms with Crippen molar-refractivity contribution in [2.45, 2.75) is 6.92 Å². The Bertz CT molecular complexity index is 707. The van der Waals surface area contributed by atoms with Crippen molar-refractivity contribution in [3.05, 3.63) is 52.4 Å². The summed E-state index contributed by atoms with van der Waals surface area (Å²) >= 11 is 1.17. The predicted octanol–water partition coefficient (Wildman–Crippen LogP) is 1.95. The summed E-state index contributed by atoms with van der Waals surface area (Å²) in [6.45, 7) is 1.46. The summed E-state index contributed by atoms with van der Waals surface area (Å²) < 4.78 is 4.92. The molecule has 7 heteroatoms. The number of benzene rings is 1. The van der Waals surface area contributed by atoms with Crippen LogP contribution < -0.4 is 11.1 Å². The minimum absolute atomic E-state index is 0.225. The molecule has 0 unspecified atom stereocenters. The Morgan fingerprint density at radius 2 is 1.86 bits per heavy atom. The van der Waals surface area contributed by atoms with E-state index in [1.165, 1.54) is 17.4 Å². The first-order valence-electron chi connectivity index (χ1n) is 6.38. The molecule has 1 heterocycles. The molecule has 0 radical (unpaired) electrons. The number of hydrogen-bond donors (Lipinski definition) is 2. The van der Waals surface area contributed by atoms with Crippen LogP contribution in [0.4, 0.5) is 5.00 Å². The van der Waals surface area contributed by atoms with E-state index < -0.39 is 24.4 Å². The lowest BCUT2D eigenvalue weighted by Gasteiger charge is -2.06. The minimum Gasteiger partial charge on any atom is -0.452 e. The van der Waals surface area contributed by atoms with Crippen LogP contribution in [-0.4, -0.2) is 24.4 Å². The van der Waals surface area contributed by atoms with Gasteiger partial charge in [0.05, 0.1) is 11.1 Å². The van der Waals surface area contributed by atoms with Crippen LogP contribution in [0.25, 0.3) is 0 Å². The summed E-state index contributed by atoms with van der Waals surface area (Å²) in [5.41, 5.74) is 6.79. The Kier molecular flexibility index (Phi) is 4.90. The van der Waals surface area contributed by atoms with Crippen LogP contribution in [0.1, 0.15) is 26.3 Å². The second-order valence-corrected chi connectivity index (χ2v) is 5.43. The molecule has 3 N–H and O–H groups in total. The number of esters is 1. The number of nitrogens with one attached hydrogen (secondary N) is 1. The number of amides is 2. The number of carbonyl (C=O) groups excluding carboxylic acids is 3. The number of primary amides is 1. The molecular formula is C15H14N2O4S. The first-order chi connectivity index (χ1) is 10.5. The standard InChI is InChI=1S/C15H14N2O4S/c1-9-2-4-10(5-3-9)15(20)21-8-12(18)17-14-11(13(16)19)6-7-22-14/h2-7H,8H2,1H3,(H2,16,19)(H,17,18). The molecular weight excluding hydrogens is 304 g/mol. The number of hydrogen-bond acceptors (Lipinski definition) is 5. The van der Waals surface area contributed by atoms with Crippen LogP contribution in [0.3, 0.4) is 0 Å². The van der Waals surface area contributed by atoms with Gasteiger partial charge in [-0.1, -0.05) is 17.7 Å². The van der Waals surface area contributed by atoms with Crippen molar-refractivity contribution in [2.24, 2.45) is 5.73 Å². The lowest BCUT2D eigenvalue weighted by Crippen LogP contribution is -2.22. The quantitative estimate of drug-likeness (QED) is 0.823. The zero-order chi connectivity index (χ0) is 16.1. The topological polar surface area (TPSA) is 98.5 Å². The minimum atomic E-state index is -0.631. The van der Waals surface area contributed by atoms with Crippen molar-refractivity contribution in [1.82, 2.24) is 0 Å². The maximum atomic E-state index is 11.8. The molecule has 1 aromatic heterocycles. The van der Waals surface area contributed by atoms with E-state index in [2.05, 4.69) is 5.32 Å². The third-order valence-electron chi connectivity index (χ3n) is 2.81. The van der Waals surface area contributed by atoms with Gasteiger partial charge in [0.25, 0.3) is 11.8 Å². The van der Waals surface area contributed by atoms with Gasteiger partial charge in [0.1, 0.15) is 5.00 Å². The second kappa shape index (κ2) is 6.86. The molecule has 0 aliphatic carbocycles. The van der Waals surface area contributed by atoms with Gasteiger partial charge < -0.3 is 15.8 Å². The van der Waals surface area contributed by atoms with Gasteiger partial charge in [-0.15, -0.1) is 11.3 Å². The number of ether oxygens (including phenoxy) is 1. The van der Waals surface area contributed by atoms with Crippen molar-refractivity contribution in [1.29, 1.82) is 0 Å². The summed E-state index contributed by atoms with van der Waals surface area (Å²) in [6.07, 6.45) is 0. The molecule has 2 aromatic rings. The van der Waals surface area contributed by atoms with E-state index in [9.17, 15) is 14.4 Å². The van der Waals surface area contributed by atoms with E-state index >= 15 is 0 Å². The van der Waals surface area contributed by atoms with E-state index in [0.717, 1.165) is 5.56 Å². The first-order valence-corrected chi connectivity index (χ1v) is 7.26. The summed E-state index contributed by atoms with van der Waals surface area (Å²) in [7, 11) is 0. The van der Waals surface area contributed by atoms with Crippen molar-refractivity contribution in [2.75, 3.05) is 11.9 Å². The summed E-state index contributed by atoms with van der Waals surface area (Å²) in [6, 6.07) is 8.32. The molecule has 0 saturated heterocycles. The second-order valence-electron chi connectivity index (χ2n) is 4.52. The highest BCUT2D eigenvalue weighted by atomic mass is 32.1. The number of rotatable bonds is 5.